The summed E-state index contributed by atoms with van der Waals surface area (Å²) in [4.78, 5) is 20.3. The minimum Gasteiger partial charge on any atom is -0.309 e. The van der Waals surface area contributed by atoms with Crippen molar-refractivity contribution in [2.24, 2.45) is 0 Å². The van der Waals surface area contributed by atoms with Crippen LogP contribution in [0.4, 0.5) is 0 Å². The van der Waals surface area contributed by atoms with Crippen molar-refractivity contribution >= 4 is 95.9 Å². The van der Waals surface area contributed by atoms with Gasteiger partial charge in [-0.25, -0.2) is 19.9 Å². The molecule has 0 radical (unpaired) electrons. The van der Waals surface area contributed by atoms with E-state index >= 15 is 0 Å². The molecule has 0 saturated heterocycles. The van der Waals surface area contributed by atoms with Gasteiger partial charge in [0.1, 0.15) is 11.2 Å². The van der Waals surface area contributed by atoms with Crippen molar-refractivity contribution in [2.75, 3.05) is 0 Å². The molecule has 5 aromatic heterocycles. The van der Waals surface area contributed by atoms with Crippen LogP contribution >= 0.6 is 22.7 Å². The SMILES string of the molecule is c1ccc(-c2nc(-c3ccc(-n4c5ccccc5c5c6sc7ncncc7c6c6sc7ccccc7c6c54)cc3)nc3ccccc23)cc1. The van der Waals surface area contributed by atoms with Crippen LogP contribution in [-0.2, 0) is 0 Å². The molecular formula is C42H23N5S2. The van der Waals surface area contributed by atoms with E-state index in [-0.39, 0.29) is 0 Å². The van der Waals surface area contributed by atoms with E-state index in [9.17, 15) is 0 Å². The van der Waals surface area contributed by atoms with Crippen LogP contribution in [0, 0.1) is 0 Å². The molecule has 0 aliphatic carbocycles. The Hall–Kier alpha value is -6.02. The van der Waals surface area contributed by atoms with Gasteiger partial charge in [0.05, 0.1) is 22.2 Å². The third-order valence-electron chi connectivity index (χ3n) is 9.57. The van der Waals surface area contributed by atoms with Gasteiger partial charge in [-0.2, -0.15) is 0 Å². The number of rotatable bonds is 3. The largest absolute Gasteiger partial charge is 0.309 e. The van der Waals surface area contributed by atoms with Gasteiger partial charge in [0.15, 0.2) is 5.82 Å². The average Bonchev–Trinajstić information content (AvgIpc) is 3.84. The molecule has 6 aromatic carbocycles. The van der Waals surface area contributed by atoms with Crippen LogP contribution < -0.4 is 0 Å². The third-order valence-corrected chi connectivity index (χ3v) is 11.9. The lowest BCUT2D eigenvalue weighted by Gasteiger charge is -2.12. The van der Waals surface area contributed by atoms with Crippen LogP contribution in [0.15, 0.2) is 140 Å². The number of para-hydroxylation sites is 2. The molecular weight excluding hydrogens is 639 g/mol. The maximum absolute atomic E-state index is 5.13. The number of aromatic nitrogens is 5. The van der Waals surface area contributed by atoms with Crippen LogP contribution in [0.3, 0.4) is 0 Å². The van der Waals surface area contributed by atoms with Gasteiger partial charge in [-0.1, -0.05) is 84.9 Å². The van der Waals surface area contributed by atoms with Gasteiger partial charge in [0, 0.05) is 74.8 Å². The smallest absolute Gasteiger partial charge is 0.160 e. The number of thiophene rings is 2. The van der Waals surface area contributed by atoms with E-state index in [1.807, 2.05) is 35.7 Å². The summed E-state index contributed by atoms with van der Waals surface area (Å²) in [6.45, 7) is 0. The molecule has 0 saturated carbocycles. The molecule has 11 aromatic rings. The van der Waals surface area contributed by atoms with Crippen molar-refractivity contribution in [3.05, 3.63) is 140 Å². The first kappa shape index (κ1) is 27.0. The molecule has 0 unspecified atom stereocenters. The second kappa shape index (κ2) is 10.2. The van der Waals surface area contributed by atoms with Crippen LogP contribution in [0.25, 0.3) is 102 Å². The van der Waals surface area contributed by atoms with Gasteiger partial charge in [-0.3, -0.25) is 0 Å². The zero-order valence-corrected chi connectivity index (χ0v) is 27.5. The molecule has 0 aliphatic rings. The Bertz CT molecular complexity index is 3070. The van der Waals surface area contributed by atoms with Gasteiger partial charge >= 0.3 is 0 Å². The van der Waals surface area contributed by atoms with E-state index in [1.54, 1.807) is 17.7 Å². The first-order valence-corrected chi connectivity index (χ1v) is 17.8. The highest BCUT2D eigenvalue weighted by molar-refractivity contribution is 7.30. The molecule has 0 bridgehead atoms. The van der Waals surface area contributed by atoms with Crippen molar-refractivity contribution in [1.82, 2.24) is 24.5 Å². The topological polar surface area (TPSA) is 56.5 Å². The molecule has 0 atom stereocenters. The Morgan fingerprint density at radius 3 is 2.12 bits per heavy atom. The fourth-order valence-corrected chi connectivity index (χ4v) is 9.97. The van der Waals surface area contributed by atoms with E-state index in [4.69, 9.17) is 15.0 Å². The van der Waals surface area contributed by atoms with E-state index < -0.39 is 0 Å². The van der Waals surface area contributed by atoms with Crippen LogP contribution in [0.1, 0.15) is 0 Å². The molecule has 7 heteroatoms. The summed E-state index contributed by atoms with van der Waals surface area (Å²) in [5.74, 6) is 0.714. The predicted molar refractivity (Wildman–Crippen MR) is 206 cm³/mol. The molecule has 0 N–H and O–H groups in total. The third kappa shape index (κ3) is 3.85. The van der Waals surface area contributed by atoms with Gasteiger partial charge in [0.25, 0.3) is 0 Å². The number of hydrogen-bond acceptors (Lipinski definition) is 6. The van der Waals surface area contributed by atoms with Crippen LogP contribution in [0.5, 0.6) is 0 Å². The van der Waals surface area contributed by atoms with E-state index in [0.717, 1.165) is 43.6 Å². The maximum atomic E-state index is 5.13. The average molecular weight is 662 g/mol. The monoisotopic (exact) mass is 661 g/mol. The van der Waals surface area contributed by atoms with Gasteiger partial charge in [0.2, 0.25) is 0 Å². The van der Waals surface area contributed by atoms with E-state index in [1.165, 1.54) is 52.1 Å². The van der Waals surface area contributed by atoms with Gasteiger partial charge < -0.3 is 4.57 Å². The zero-order valence-electron chi connectivity index (χ0n) is 25.8. The minimum absolute atomic E-state index is 0.714. The number of benzene rings is 6. The lowest BCUT2D eigenvalue weighted by Crippen LogP contribution is -1.97. The Kier molecular flexibility index (Phi) is 5.64. The molecule has 5 nitrogen and oxygen atoms in total. The molecule has 5 heterocycles. The molecule has 0 fully saturated rings. The van der Waals surface area contributed by atoms with Gasteiger partial charge in [-0.05, 0) is 42.5 Å². The summed E-state index contributed by atoms with van der Waals surface area (Å²) in [7, 11) is 0. The Morgan fingerprint density at radius 2 is 1.24 bits per heavy atom. The first-order chi connectivity index (χ1) is 24.3. The molecule has 0 amide bonds. The highest BCUT2D eigenvalue weighted by Gasteiger charge is 2.24. The second-order valence-electron chi connectivity index (χ2n) is 12.3. The summed E-state index contributed by atoms with van der Waals surface area (Å²) in [5, 5.41) is 8.46. The summed E-state index contributed by atoms with van der Waals surface area (Å²) >= 11 is 3.63. The molecule has 49 heavy (non-hydrogen) atoms. The molecule has 0 spiro atoms. The fraction of sp³-hybridized carbons (Fsp3) is 0. The summed E-state index contributed by atoms with van der Waals surface area (Å²) < 4.78 is 6.26. The fourth-order valence-electron chi connectivity index (χ4n) is 7.46. The second-order valence-corrected chi connectivity index (χ2v) is 14.3. The number of hydrogen-bond donors (Lipinski definition) is 0. The lowest BCUT2D eigenvalue weighted by atomic mass is 10.0. The van der Waals surface area contributed by atoms with Crippen molar-refractivity contribution < 1.29 is 0 Å². The zero-order chi connectivity index (χ0) is 32.1. The van der Waals surface area contributed by atoms with Gasteiger partial charge in [-0.15, -0.1) is 22.7 Å². The normalized spacial score (nSPS) is 12.1. The van der Waals surface area contributed by atoms with E-state index in [2.05, 4.69) is 119 Å². The molecule has 0 aliphatic heterocycles. The summed E-state index contributed by atoms with van der Waals surface area (Å²) in [5.41, 5.74) is 7.42. The lowest BCUT2D eigenvalue weighted by molar-refractivity contribution is 1.18. The van der Waals surface area contributed by atoms with Crippen LogP contribution in [-0.4, -0.2) is 24.5 Å². The summed E-state index contributed by atoms with van der Waals surface area (Å²) in [6.07, 6.45) is 3.64. The Morgan fingerprint density at radius 1 is 0.531 bits per heavy atom. The quantitative estimate of drug-likeness (QED) is 0.189. The maximum Gasteiger partial charge on any atom is 0.160 e. The Balaban J connectivity index is 1.20. The van der Waals surface area contributed by atoms with Crippen molar-refractivity contribution in [2.45, 2.75) is 0 Å². The standard InChI is InChI=1S/C42H23N5S2/c1-2-10-24(11-3-1)37-27-12-4-7-15-31(27)45-41(46-37)25-18-20-26(21-19-25)47-32-16-8-5-13-28(32)34-38(47)35-29-14-6-9-17-33(29)48-39(35)36-30-22-43-23-44-42(30)49-40(34)36/h1-23H. The van der Waals surface area contributed by atoms with Crippen molar-refractivity contribution in [3.8, 4) is 28.3 Å². The van der Waals surface area contributed by atoms with E-state index in [0.29, 0.717) is 5.82 Å². The Labute approximate surface area is 287 Å². The molecule has 228 valence electrons. The van der Waals surface area contributed by atoms with Crippen LogP contribution in [0.2, 0.25) is 0 Å². The number of nitrogens with zero attached hydrogens (tertiary/aromatic N) is 5. The summed E-state index contributed by atoms with van der Waals surface area (Å²) in [6, 6.07) is 44.9. The molecule has 11 rings (SSSR count). The van der Waals surface area contributed by atoms with Crippen molar-refractivity contribution in [1.29, 1.82) is 0 Å². The predicted octanol–water partition coefficient (Wildman–Crippen LogP) is 11.6. The highest BCUT2D eigenvalue weighted by atomic mass is 32.1. The minimum atomic E-state index is 0.714. The number of fused-ring (bicyclic) bond motifs is 13. The highest BCUT2D eigenvalue weighted by Crippen LogP contribution is 2.51. The first-order valence-electron chi connectivity index (χ1n) is 16.1. The van der Waals surface area contributed by atoms with Crippen molar-refractivity contribution in [3.63, 3.8) is 0 Å².